The summed E-state index contributed by atoms with van der Waals surface area (Å²) in [4.78, 5) is 42.9. The topological polar surface area (TPSA) is 156 Å². The average molecular weight is 346 g/mol. The van der Waals surface area contributed by atoms with Crippen LogP contribution in [0.3, 0.4) is 0 Å². The van der Waals surface area contributed by atoms with Gasteiger partial charge in [-0.1, -0.05) is 0 Å². The maximum Gasteiger partial charge on any atom is 0.414 e. The van der Waals surface area contributed by atoms with Gasteiger partial charge in [0, 0.05) is 19.6 Å². The number of hydrogen-bond donors (Lipinski definition) is 3. The summed E-state index contributed by atoms with van der Waals surface area (Å²) in [6.45, 7) is 6.74. The Morgan fingerprint density at radius 1 is 1.29 bits per heavy atom. The van der Waals surface area contributed by atoms with Gasteiger partial charge in [0.15, 0.2) is 0 Å². The molecular formula is C14H22N2O8. The molecule has 2 heterocycles. The fourth-order valence-corrected chi connectivity index (χ4v) is 2.51. The van der Waals surface area contributed by atoms with Crippen molar-refractivity contribution < 1.29 is 38.9 Å². The van der Waals surface area contributed by atoms with Crippen LogP contribution in [0.5, 0.6) is 0 Å². The van der Waals surface area contributed by atoms with Gasteiger partial charge in [-0.3, -0.25) is 4.79 Å². The number of carbonyl (C=O) groups is 4. The third-order valence-electron chi connectivity index (χ3n) is 3.51. The number of ether oxygens (including phenoxy) is 2. The Morgan fingerprint density at radius 3 is 2.17 bits per heavy atom. The number of rotatable bonds is 1. The number of carboxylic acids is 2. The lowest BCUT2D eigenvalue weighted by molar-refractivity contribution is -0.159. The molecule has 0 aromatic rings. The number of aliphatic carboxylic acids is 2. The number of carbonyl (C=O) groups excluding carboxylic acids is 2. The van der Waals surface area contributed by atoms with Gasteiger partial charge < -0.3 is 30.3 Å². The van der Waals surface area contributed by atoms with Gasteiger partial charge in [0.1, 0.15) is 11.7 Å². The van der Waals surface area contributed by atoms with Crippen molar-refractivity contribution in [3.8, 4) is 0 Å². The highest BCUT2D eigenvalue weighted by Gasteiger charge is 2.57. The summed E-state index contributed by atoms with van der Waals surface area (Å²) in [6.07, 6.45) is -0.277. The molecule has 0 bridgehead atoms. The molecule has 2 aliphatic heterocycles. The molecule has 1 spiro atoms. The minimum Gasteiger partial charge on any atom is -0.473 e. The quantitative estimate of drug-likeness (QED) is 0.426. The Morgan fingerprint density at radius 2 is 1.79 bits per heavy atom. The molecule has 2 aliphatic rings. The van der Waals surface area contributed by atoms with E-state index in [1.165, 1.54) is 0 Å². The molecule has 10 heteroatoms. The molecule has 0 aromatic heterocycles. The van der Waals surface area contributed by atoms with E-state index in [-0.39, 0.29) is 23.6 Å². The number of cyclic esters (lactones) is 1. The highest BCUT2D eigenvalue weighted by molar-refractivity contribution is 6.27. The van der Waals surface area contributed by atoms with Crippen LogP contribution in [0.15, 0.2) is 0 Å². The van der Waals surface area contributed by atoms with E-state index >= 15 is 0 Å². The summed E-state index contributed by atoms with van der Waals surface area (Å²) in [5.41, 5.74) is 4.80. The Labute approximate surface area is 138 Å². The Balaban J connectivity index is 0.000000413. The molecule has 0 aromatic carbocycles. The first-order chi connectivity index (χ1) is 10.9. The minimum atomic E-state index is -1.82. The lowest BCUT2D eigenvalue weighted by Gasteiger charge is -2.48. The first-order valence-corrected chi connectivity index (χ1v) is 7.24. The van der Waals surface area contributed by atoms with Crippen LogP contribution in [0.1, 0.15) is 27.2 Å². The van der Waals surface area contributed by atoms with Crippen molar-refractivity contribution in [1.82, 2.24) is 4.90 Å². The molecule has 1 amide bonds. The van der Waals surface area contributed by atoms with Gasteiger partial charge in [-0.15, -0.1) is 0 Å². The molecule has 1 atom stereocenters. The van der Waals surface area contributed by atoms with E-state index in [1.54, 1.807) is 4.90 Å². The van der Waals surface area contributed by atoms with Crippen molar-refractivity contribution in [1.29, 1.82) is 0 Å². The number of amides is 1. The van der Waals surface area contributed by atoms with Crippen molar-refractivity contribution in [3.63, 3.8) is 0 Å². The molecule has 136 valence electrons. The summed E-state index contributed by atoms with van der Waals surface area (Å²) < 4.78 is 10.4. The van der Waals surface area contributed by atoms with Crippen molar-refractivity contribution in [3.05, 3.63) is 0 Å². The molecule has 0 radical (unpaired) electrons. The van der Waals surface area contributed by atoms with Crippen LogP contribution < -0.4 is 5.73 Å². The smallest absolute Gasteiger partial charge is 0.414 e. The van der Waals surface area contributed by atoms with Crippen molar-refractivity contribution in [2.75, 3.05) is 19.6 Å². The minimum absolute atomic E-state index is 0.228. The fourth-order valence-electron chi connectivity index (χ4n) is 2.51. The SMILES string of the molecule is CC(C)(C)OC(=O)N1CC2(CC(=O)OC2CN)C1.O=C(O)C(=O)O. The maximum atomic E-state index is 11.8. The predicted molar refractivity (Wildman–Crippen MR) is 79.1 cm³/mol. The van der Waals surface area contributed by atoms with E-state index in [4.69, 9.17) is 35.0 Å². The van der Waals surface area contributed by atoms with E-state index in [2.05, 4.69) is 0 Å². The van der Waals surface area contributed by atoms with E-state index in [9.17, 15) is 9.59 Å². The number of esters is 1. The predicted octanol–water partition coefficient (Wildman–Crippen LogP) is -0.347. The summed E-state index contributed by atoms with van der Waals surface area (Å²) in [6, 6.07) is 0. The average Bonchev–Trinajstić information content (AvgIpc) is 2.72. The molecule has 1 unspecified atom stereocenters. The van der Waals surface area contributed by atoms with Crippen LogP contribution in [0.25, 0.3) is 0 Å². The summed E-state index contributed by atoms with van der Waals surface area (Å²) in [7, 11) is 0. The Bertz CT molecular complexity index is 521. The summed E-state index contributed by atoms with van der Waals surface area (Å²) >= 11 is 0. The first kappa shape index (κ1) is 19.7. The van der Waals surface area contributed by atoms with Gasteiger partial charge in [-0.2, -0.15) is 0 Å². The zero-order valence-electron chi connectivity index (χ0n) is 13.8. The summed E-state index contributed by atoms with van der Waals surface area (Å²) in [5.74, 6) is -3.88. The monoisotopic (exact) mass is 346 g/mol. The van der Waals surface area contributed by atoms with Crippen molar-refractivity contribution in [2.24, 2.45) is 11.1 Å². The van der Waals surface area contributed by atoms with Crippen LogP contribution >= 0.6 is 0 Å². The third kappa shape index (κ3) is 4.82. The molecule has 24 heavy (non-hydrogen) atoms. The molecule has 10 nitrogen and oxygen atoms in total. The van der Waals surface area contributed by atoms with E-state index in [1.807, 2.05) is 20.8 Å². The number of nitrogens with two attached hydrogens (primary N) is 1. The standard InChI is InChI=1S/C12H20N2O4.C2H2O4/c1-11(2,3)18-10(16)14-6-12(7-14)4-9(15)17-8(12)5-13;3-1(4)2(5)6/h8H,4-7,13H2,1-3H3;(H,3,4)(H,5,6). The molecule has 2 saturated heterocycles. The molecule has 0 saturated carbocycles. The zero-order chi connectivity index (χ0) is 18.7. The van der Waals surface area contributed by atoms with Crippen molar-refractivity contribution >= 4 is 24.0 Å². The highest BCUT2D eigenvalue weighted by atomic mass is 16.6. The lowest BCUT2D eigenvalue weighted by Crippen LogP contribution is -2.63. The Hall–Kier alpha value is -2.36. The van der Waals surface area contributed by atoms with Gasteiger partial charge in [0.05, 0.1) is 11.8 Å². The van der Waals surface area contributed by atoms with Crippen LogP contribution in [-0.4, -0.2) is 70.5 Å². The first-order valence-electron chi connectivity index (χ1n) is 7.24. The maximum absolute atomic E-state index is 11.8. The second-order valence-corrected chi connectivity index (χ2v) is 6.70. The number of nitrogens with zero attached hydrogens (tertiary/aromatic N) is 1. The zero-order valence-corrected chi connectivity index (χ0v) is 13.8. The van der Waals surface area contributed by atoms with Gasteiger partial charge >= 0.3 is 24.0 Å². The van der Waals surface area contributed by atoms with Gasteiger partial charge in [-0.25, -0.2) is 14.4 Å². The molecule has 2 rings (SSSR count). The van der Waals surface area contributed by atoms with E-state index in [0.29, 0.717) is 26.1 Å². The van der Waals surface area contributed by atoms with E-state index in [0.717, 1.165) is 0 Å². The van der Waals surface area contributed by atoms with Gasteiger partial charge in [-0.05, 0) is 20.8 Å². The molecule has 0 aliphatic carbocycles. The number of carboxylic acid groups (broad SMARTS) is 2. The van der Waals surface area contributed by atoms with Crippen LogP contribution in [-0.2, 0) is 23.9 Å². The van der Waals surface area contributed by atoms with Crippen molar-refractivity contribution in [2.45, 2.75) is 38.9 Å². The van der Waals surface area contributed by atoms with Crippen LogP contribution in [0.4, 0.5) is 4.79 Å². The Kier molecular flexibility index (Phi) is 5.77. The van der Waals surface area contributed by atoms with Crippen LogP contribution in [0.2, 0.25) is 0 Å². The molecule has 4 N–H and O–H groups in total. The van der Waals surface area contributed by atoms with E-state index < -0.39 is 17.5 Å². The lowest BCUT2D eigenvalue weighted by atomic mass is 9.74. The van der Waals surface area contributed by atoms with Crippen LogP contribution in [0, 0.1) is 5.41 Å². The second-order valence-electron chi connectivity index (χ2n) is 6.70. The van der Waals surface area contributed by atoms with Gasteiger partial charge in [0.25, 0.3) is 0 Å². The number of likely N-dealkylation sites (tertiary alicyclic amines) is 1. The third-order valence-corrected chi connectivity index (χ3v) is 3.51. The molecular weight excluding hydrogens is 324 g/mol. The largest absolute Gasteiger partial charge is 0.473 e. The fraction of sp³-hybridized carbons (Fsp3) is 0.714. The normalized spacial score (nSPS) is 21.2. The van der Waals surface area contributed by atoms with Gasteiger partial charge in [0.2, 0.25) is 0 Å². The second kappa shape index (κ2) is 7.04. The number of hydrogen-bond acceptors (Lipinski definition) is 7. The highest BCUT2D eigenvalue weighted by Crippen LogP contribution is 2.43. The summed E-state index contributed by atoms with van der Waals surface area (Å²) in [5, 5.41) is 14.8. The molecule has 2 fully saturated rings.